The average Bonchev–Trinajstić information content (AvgIpc) is 2.44. The molecule has 4 heteroatoms. The van der Waals surface area contributed by atoms with Crippen molar-refractivity contribution < 1.29 is 4.79 Å². The van der Waals surface area contributed by atoms with E-state index in [-0.39, 0.29) is 18.0 Å². The molecule has 4 nitrogen and oxygen atoms in total. The van der Waals surface area contributed by atoms with Crippen LogP contribution in [0.2, 0.25) is 0 Å². The molecule has 19 heavy (non-hydrogen) atoms. The highest BCUT2D eigenvalue weighted by Crippen LogP contribution is 2.08. The lowest BCUT2D eigenvalue weighted by molar-refractivity contribution is -0.122. The number of unbranched alkanes of at least 4 members (excludes halogenated alkanes) is 2. The number of hydrogen-bond donors (Lipinski definition) is 2. The molecule has 2 unspecified atom stereocenters. The molecule has 0 saturated carbocycles. The molecule has 2 atom stereocenters. The molecule has 1 amide bonds. The summed E-state index contributed by atoms with van der Waals surface area (Å²) in [6, 6.07) is 5.66. The van der Waals surface area contributed by atoms with Gasteiger partial charge in [-0.3, -0.25) is 15.1 Å². The summed E-state index contributed by atoms with van der Waals surface area (Å²) in [5, 5.41) is 6.21. The summed E-state index contributed by atoms with van der Waals surface area (Å²) in [4.78, 5) is 16.2. The Morgan fingerprint density at radius 1 is 1.32 bits per heavy atom. The van der Waals surface area contributed by atoms with E-state index in [0.29, 0.717) is 0 Å². The molecule has 106 valence electrons. The number of aromatic nitrogens is 1. The molecule has 0 aliphatic carbocycles. The zero-order chi connectivity index (χ0) is 14.1. The molecule has 0 fully saturated rings. The molecule has 0 radical (unpaired) electrons. The van der Waals surface area contributed by atoms with E-state index >= 15 is 0 Å². The van der Waals surface area contributed by atoms with Crippen molar-refractivity contribution in [3.05, 3.63) is 30.1 Å². The third kappa shape index (κ3) is 5.83. The summed E-state index contributed by atoms with van der Waals surface area (Å²) in [5.74, 6) is 0.0545. The Hall–Kier alpha value is -1.42. The number of carbonyl (C=O) groups is 1. The van der Waals surface area contributed by atoms with Crippen LogP contribution >= 0.6 is 0 Å². The van der Waals surface area contributed by atoms with Crippen molar-refractivity contribution in [3.8, 4) is 0 Å². The maximum atomic E-state index is 11.9. The summed E-state index contributed by atoms with van der Waals surface area (Å²) >= 11 is 0. The van der Waals surface area contributed by atoms with Crippen LogP contribution in [-0.4, -0.2) is 23.5 Å². The van der Waals surface area contributed by atoms with Crippen molar-refractivity contribution in [1.29, 1.82) is 0 Å². The largest absolute Gasteiger partial charge is 0.355 e. The molecule has 1 heterocycles. The van der Waals surface area contributed by atoms with E-state index < -0.39 is 0 Å². The van der Waals surface area contributed by atoms with Crippen molar-refractivity contribution in [1.82, 2.24) is 15.6 Å². The third-order valence-corrected chi connectivity index (χ3v) is 3.10. The molecule has 0 aliphatic heterocycles. The molecular weight excluding hydrogens is 238 g/mol. The number of hydrogen-bond acceptors (Lipinski definition) is 3. The van der Waals surface area contributed by atoms with Crippen LogP contribution in [0.15, 0.2) is 24.4 Å². The van der Waals surface area contributed by atoms with E-state index in [4.69, 9.17) is 0 Å². The van der Waals surface area contributed by atoms with Crippen molar-refractivity contribution in [2.45, 2.75) is 52.1 Å². The summed E-state index contributed by atoms with van der Waals surface area (Å²) in [5.41, 5.74) is 0.952. The van der Waals surface area contributed by atoms with Crippen LogP contribution in [0.5, 0.6) is 0 Å². The Morgan fingerprint density at radius 3 is 2.74 bits per heavy atom. The fourth-order valence-corrected chi connectivity index (χ4v) is 1.91. The first kappa shape index (κ1) is 15.6. The van der Waals surface area contributed by atoms with Gasteiger partial charge in [0.15, 0.2) is 0 Å². The van der Waals surface area contributed by atoms with Gasteiger partial charge in [0.25, 0.3) is 0 Å². The van der Waals surface area contributed by atoms with Gasteiger partial charge in [-0.1, -0.05) is 25.8 Å². The SMILES string of the molecule is CCCCCNC(=O)C(C)NC(C)c1ccccn1. The molecule has 1 rings (SSSR count). The maximum absolute atomic E-state index is 11.9. The number of rotatable bonds is 8. The molecular formula is C15H25N3O. The molecule has 1 aromatic rings. The molecule has 2 N–H and O–H groups in total. The minimum absolute atomic E-state index is 0.0545. The van der Waals surface area contributed by atoms with Gasteiger partial charge >= 0.3 is 0 Å². The topological polar surface area (TPSA) is 54.0 Å². The van der Waals surface area contributed by atoms with E-state index in [1.807, 2.05) is 32.0 Å². The van der Waals surface area contributed by atoms with Crippen molar-refractivity contribution >= 4 is 5.91 Å². The minimum Gasteiger partial charge on any atom is -0.355 e. The molecule has 0 aromatic carbocycles. The summed E-state index contributed by atoms with van der Waals surface area (Å²) in [6.07, 6.45) is 5.14. The van der Waals surface area contributed by atoms with Crippen molar-refractivity contribution in [3.63, 3.8) is 0 Å². The fraction of sp³-hybridized carbons (Fsp3) is 0.600. The Bertz CT molecular complexity index is 367. The quantitative estimate of drug-likeness (QED) is 0.708. The zero-order valence-electron chi connectivity index (χ0n) is 12.1. The predicted molar refractivity (Wildman–Crippen MR) is 77.8 cm³/mol. The highest BCUT2D eigenvalue weighted by molar-refractivity contribution is 5.81. The third-order valence-electron chi connectivity index (χ3n) is 3.10. The Labute approximate surface area is 116 Å². The van der Waals surface area contributed by atoms with E-state index in [0.717, 1.165) is 25.1 Å². The van der Waals surface area contributed by atoms with Gasteiger partial charge in [0, 0.05) is 18.8 Å². The van der Waals surface area contributed by atoms with E-state index in [1.165, 1.54) is 6.42 Å². The number of carbonyl (C=O) groups excluding carboxylic acids is 1. The van der Waals surface area contributed by atoms with Crippen LogP contribution < -0.4 is 10.6 Å². The highest BCUT2D eigenvalue weighted by atomic mass is 16.2. The Kier molecular flexibility index (Phi) is 7.11. The van der Waals surface area contributed by atoms with Gasteiger partial charge < -0.3 is 5.32 Å². The number of pyridine rings is 1. The van der Waals surface area contributed by atoms with Gasteiger partial charge in [-0.2, -0.15) is 0 Å². The summed E-state index contributed by atoms with van der Waals surface area (Å²) in [6.45, 7) is 6.81. The second kappa shape index (κ2) is 8.64. The second-order valence-corrected chi connectivity index (χ2v) is 4.86. The molecule has 0 spiro atoms. The second-order valence-electron chi connectivity index (χ2n) is 4.86. The van der Waals surface area contributed by atoms with Crippen LogP contribution in [0.3, 0.4) is 0 Å². The first-order valence-electron chi connectivity index (χ1n) is 7.09. The lowest BCUT2D eigenvalue weighted by Gasteiger charge is -2.19. The lowest BCUT2D eigenvalue weighted by Crippen LogP contribution is -2.43. The first-order chi connectivity index (χ1) is 9.15. The summed E-state index contributed by atoms with van der Waals surface area (Å²) < 4.78 is 0. The van der Waals surface area contributed by atoms with Crippen molar-refractivity contribution in [2.24, 2.45) is 0 Å². The van der Waals surface area contributed by atoms with Gasteiger partial charge in [-0.15, -0.1) is 0 Å². The minimum atomic E-state index is -0.210. The highest BCUT2D eigenvalue weighted by Gasteiger charge is 2.16. The zero-order valence-corrected chi connectivity index (χ0v) is 12.1. The molecule has 0 aliphatic rings. The predicted octanol–water partition coefficient (Wildman–Crippen LogP) is 2.43. The van der Waals surface area contributed by atoms with Crippen LogP contribution in [0, 0.1) is 0 Å². The van der Waals surface area contributed by atoms with Gasteiger partial charge in [-0.25, -0.2) is 0 Å². The molecule has 0 bridgehead atoms. The first-order valence-corrected chi connectivity index (χ1v) is 7.09. The van der Waals surface area contributed by atoms with E-state index in [2.05, 4.69) is 22.5 Å². The van der Waals surface area contributed by atoms with Gasteiger partial charge in [0.1, 0.15) is 0 Å². The molecule has 1 aromatic heterocycles. The van der Waals surface area contributed by atoms with Gasteiger partial charge in [0.2, 0.25) is 5.91 Å². The fourth-order valence-electron chi connectivity index (χ4n) is 1.91. The van der Waals surface area contributed by atoms with E-state index in [1.54, 1.807) is 6.20 Å². The average molecular weight is 263 g/mol. The van der Waals surface area contributed by atoms with Crippen LogP contribution in [0.4, 0.5) is 0 Å². The Morgan fingerprint density at radius 2 is 2.11 bits per heavy atom. The van der Waals surface area contributed by atoms with E-state index in [9.17, 15) is 4.79 Å². The maximum Gasteiger partial charge on any atom is 0.236 e. The smallest absolute Gasteiger partial charge is 0.236 e. The van der Waals surface area contributed by atoms with Crippen LogP contribution in [0.25, 0.3) is 0 Å². The summed E-state index contributed by atoms with van der Waals surface area (Å²) in [7, 11) is 0. The number of nitrogens with zero attached hydrogens (tertiary/aromatic N) is 1. The van der Waals surface area contributed by atoms with Crippen LogP contribution in [0.1, 0.15) is 51.8 Å². The Balaban J connectivity index is 2.33. The lowest BCUT2D eigenvalue weighted by atomic mass is 10.2. The number of amides is 1. The monoisotopic (exact) mass is 263 g/mol. The van der Waals surface area contributed by atoms with Gasteiger partial charge in [0.05, 0.1) is 11.7 Å². The molecule has 0 saturated heterocycles. The van der Waals surface area contributed by atoms with Crippen molar-refractivity contribution in [2.75, 3.05) is 6.54 Å². The van der Waals surface area contributed by atoms with Crippen LogP contribution in [-0.2, 0) is 4.79 Å². The normalized spacial score (nSPS) is 13.8. The standard InChI is InChI=1S/C15H25N3O/c1-4-5-7-11-17-15(19)13(3)18-12(2)14-9-6-8-10-16-14/h6,8-10,12-13,18H,4-5,7,11H2,1-3H3,(H,17,19). The number of nitrogens with one attached hydrogen (secondary N) is 2. The van der Waals surface area contributed by atoms with Gasteiger partial charge in [-0.05, 0) is 32.4 Å².